The second-order valence-electron chi connectivity index (χ2n) is 6.05. The van der Waals surface area contributed by atoms with Crippen molar-refractivity contribution in [2.45, 2.75) is 19.9 Å². The summed E-state index contributed by atoms with van der Waals surface area (Å²) < 4.78 is 1.39. The molecule has 0 saturated carbocycles. The van der Waals surface area contributed by atoms with Crippen molar-refractivity contribution in [2.75, 3.05) is 11.4 Å². The van der Waals surface area contributed by atoms with Crippen LogP contribution in [0.15, 0.2) is 47.4 Å². The van der Waals surface area contributed by atoms with E-state index in [2.05, 4.69) is 0 Å². The highest BCUT2D eigenvalue weighted by Crippen LogP contribution is 2.25. The SMILES string of the molecule is Cc1ccn(CC2CC(=O)N(c3ccccc3)C2)c(=O)c1C(=O)O. The van der Waals surface area contributed by atoms with Gasteiger partial charge in [-0.05, 0) is 30.7 Å². The number of carboxylic acids is 1. The summed E-state index contributed by atoms with van der Waals surface area (Å²) in [6.07, 6.45) is 1.94. The molecule has 6 nitrogen and oxygen atoms in total. The number of carbonyl (C=O) groups is 2. The van der Waals surface area contributed by atoms with Crippen LogP contribution in [-0.2, 0) is 11.3 Å². The molecule has 24 heavy (non-hydrogen) atoms. The molecule has 0 aliphatic carbocycles. The van der Waals surface area contributed by atoms with Gasteiger partial charge in [0, 0.05) is 37.3 Å². The number of hydrogen-bond acceptors (Lipinski definition) is 3. The number of pyridine rings is 1. The standard InChI is InChI=1S/C18H18N2O4/c1-12-7-8-19(17(22)16(12)18(23)24)10-13-9-15(21)20(11-13)14-5-3-2-4-6-14/h2-8,13H,9-11H2,1H3,(H,23,24). The number of aryl methyl sites for hydroxylation is 1. The lowest BCUT2D eigenvalue weighted by molar-refractivity contribution is -0.117. The molecule has 2 heterocycles. The van der Waals surface area contributed by atoms with E-state index in [-0.39, 0.29) is 17.4 Å². The highest BCUT2D eigenvalue weighted by atomic mass is 16.4. The fourth-order valence-electron chi connectivity index (χ4n) is 3.11. The summed E-state index contributed by atoms with van der Waals surface area (Å²) in [5.74, 6) is -1.23. The van der Waals surface area contributed by atoms with E-state index in [1.165, 1.54) is 4.57 Å². The zero-order valence-electron chi connectivity index (χ0n) is 13.3. The highest BCUT2D eigenvalue weighted by Gasteiger charge is 2.31. The van der Waals surface area contributed by atoms with Crippen molar-refractivity contribution < 1.29 is 14.7 Å². The number of anilines is 1. The van der Waals surface area contributed by atoms with E-state index in [1.807, 2.05) is 30.3 Å². The van der Waals surface area contributed by atoms with Crippen LogP contribution in [0.2, 0.25) is 0 Å². The number of aromatic carboxylic acids is 1. The molecule has 0 radical (unpaired) electrons. The second-order valence-corrected chi connectivity index (χ2v) is 6.05. The molecule has 6 heteroatoms. The third-order valence-corrected chi connectivity index (χ3v) is 4.32. The molecule has 1 saturated heterocycles. The first-order valence-corrected chi connectivity index (χ1v) is 7.76. The molecule has 1 aliphatic rings. The Labute approximate surface area is 139 Å². The summed E-state index contributed by atoms with van der Waals surface area (Å²) in [6, 6.07) is 11.0. The Morgan fingerprint density at radius 2 is 1.92 bits per heavy atom. The molecule has 1 atom stereocenters. The van der Waals surface area contributed by atoms with Gasteiger partial charge in [-0.2, -0.15) is 0 Å². The summed E-state index contributed by atoms with van der Waals surface area (Å²) in [5.41, 5.74) is 0.555. The average Bonchev–Trinajstić information content (AvgIpc) is 2.91. The van der Waals surface area contributed by atoms with Gasteiger partial charge in [-0.25, -0.2) is 4.79 Å². The Hall–Kier alpha value is -2.89. The van der Waals surface area contributed by atoms with Crippen LogP contribution in [-0.4, -0.2) is 28.1 Å². The number of carbonyl (C=O) groups excluding carboxylic acids is 1. The van der Waals surface area contributed by atoms with E-state index in [0.29, 0.717) is 25.1 Å². The number of nitrogens with zero attached hydrogens (tertiary/aromatic N) is 2. The largest absolute Gasteiger partial charge is 0.477 e. The second kappa shape index (κ2) is 6.31. The van der Waals surface area contributed by atoms with E-state index in [4.69, 9.17) is 0 Å². The number of hydrogen-bond donors (Lipinski definition) is 1. The monoisotopic (exact) mass is 326 g/mol. The van der Waals surface area contributed by atoms with Crippen LogP contribution in [0, 0.1) is 12.8 Å². The molecule has 124 valence electrons. The summed E-state index contributed by atoms with van der Waals surface area (Å²) >= 11 is 0. The van der Waals surface area contributed by atoms with Gasteiger partial charge in [-0.3, -0.25) is 9.59 Å². The summed E-state index contributed by atoms with van der Waals surface area (Å²) in [6.45, 7) is 2.45. The zero-order valence-corrected chi connectivity index (χ0v) is 13.3. The van der Waals surface area contributed by atoms with Gasteiger partial charge >= 0.3 is 5.97 Å². The van der Waals surface area contributed by atoms with Crippen molar-refractivity contribution in [3.63, 3.8) is 0 Å². The summed E-state index contributed by atoms with van der Waals surface area (Å²) in [5, 5.41) is 9.19. The van der Waals surface area contributed by atoms with Gasteiger partial charge in [-0.1, -0.05) is 18.2 Å². The van der Waals surface area contributed by atoms with E-state index in [9.17, 15) is 19.5 Å². The van der Waals surface area contributed by atoms with E-state index in [0.717, 1.165) is 5.69 Å². The maximum atomic E-state index is 12.3. The minimum atomic E-state index is -1.22. The zero-order chi connectivity index (χ0) is 17.3. The van der Waals surface area contributed by atoms with Crippen molar-refractivity contribution in [3.05, 3.63) is 64.1 Å². The first-order valence-electron chi connectivity index (χ1n) is 7.76. The lowest BCUT2D eigenvalue weighted by atomic mass is 10.1. The lowest BCUT2D eigenvalue weighted by Gasteiger charge is -2.17. The average molecular weight is 326 g/mol. The number of rotatable bonds is 4. The van der Waals surface area contributed by atoms with Crippen molar-refractivity contribution in [1.29, 1.82) is 0 Å². The molecule has 1 aliphatic heterocycles. The van der Waals surface area contributed by atoms with Gasteiger partial charge in [0.05, 0.1) is 0 Å². The van der Waals surface area contributed by atoms with Crippen molar-refractivity contribution in [1.82, 2.24) is 4.57 Å². The number of amides is 1. The normalized spacial score (nSPS) is 17.3. The van der Waals surface area contributed by atoms with Crippen molar-refractivity contribution in [3.8, 4) is 0 Å². The van der Waals surface area contributed by atoms with Crippen LogP contribution in [0.3, 0.4) is 0 Å². The summed E-state index contributed by atoms with van der Waals surface area (Å²) in [4.78, 5) is 37.5. The number of carboxylic acid groups (broad SMARTS) is 1. The van der Waals surface area contributed by atoms with Crippen LogP contribution in [0.4, 0.5) is 5.69 Å². The molecule has 1 aromatic heterocycles. The maximum Gasteiger partial charge on any atom is 0.341 e. The molecular weight excluding hydrogens is 308 g/mol. The van der Waals surface area contributed by atoms with Gasteiger partial charge < -0.3 is 14.6 Å². The number of aromatic nitrogens is 1. The third-order valence-electron chi connectivity index (χ3n) is 4.32. The number of benzene rings is 1. The first-order chi connectivity index (χ1) is 11.5. The predicted octanol–water partition coefficient (Wildman–Crippen LogP) is 1.91. The number of para-hydroxylation sites is 1. The van der Waals surface area contributed by atoms with Crippen LogP contribution < -0.4 is 10.5 Å². The van der Waals surface area contributed by atoms with Crippen LogP contribution in [0.1, 0.15) is 22.3 Å². The molecule has 1 amide bonds. The minimum absolute atomic E-state index is 0.0184. The molecule has 0 spiro atoms. The topological polar surface area (TPSA) is 79.6 Å². The van der Waals surface area contributed by atoms with Gasteiger partial charge in [0.25, 0.3) is 5.56 Å². The molecule has 3 rings (SSSR count). The first kappa shape index (κ1) is 16.0. The fourth-order valence-corrected chi connectivity index (χ4v) is 3.11. The van der Waals surface area contributed by atoms with E-state index >= 15 is 0 Å². The molecule has 1 aromatic carbocycles. The highest BCUT2D eigenvalue weighted by molar-refractivity contribution is 5.95. The van der Waals surface area contributed by atoms with Crippen molar-refractivity contribution >= 4 is 17.6 Å². The Morgan fingerprint density at radius 3 is 2.58 bits per heavy atom. The van der Waals surface area contributed by atoms with Gasteiger partial charge in [0.1, 0.15) is 5.56 Å². The van der Waals surface area contributed by atoms with Gasteiger partial charge in [0.2, 0.25) is 5.91 Å². The molecule has 1 unspecified atom stereocenters. The van der Waals surface area contributed by atoms with Crippen LogP contribution in [0.25, 0.3) is 0 Å². The molecule has 0 bridgehead atoms. The molecular formula is C18H18N2O4. The van der Waals surface area contributed by atoms with Crippen LogP contribution >= 0.6 is 0 Å². The maximum absolute atomic E-state index is 12.3. The van der Waals surface area contributed by atoms with E-state index in [1.54, 1.807) is 24.1 Å². The molecule has 2 aromatic rings. The molecule has 1 fully saturated rings. The smallest absolute Gasteiger partial charge is 0.341 e. The Bertz CT molecular complexity index is 842. The minimum Gasteiger partial charge on any atom is -0.477 e. The molecule has 1 N–H and O–H groups in total. The Balaban J connectivity index is 1.81. The third kappa shape index (κ3) is 2.95. The summed E-state index contributed by atoms with van der Waals surface area (Å²) in [7, 11) is 0. The van der Waals surface area contributed by atoms with Gasteiger partial charge in [0.15, 0.2) is 0 Å². The van der Waals surface area contributed by atoms with Crippen LogP contribution in [0.5, 0.6) is 0 Å². The lowest BCUT2D eigenvalue weighted by Crippen LogP contribution is -2.30. The Kier molecular flexibility index (Phi) is 4.20. The predicted molar refractivity (Wildman–Crippen MR) is 89.3 cm³/mol. The van der Waals surface area contributed by atoms with Gasteiger partial charge in [-0.15, -0.1) is 0 Å². The van der Waals surface area contributed by atoms with Crippen molar-refractivity contribution in [2.24, 2.45) is 5.92 Å². The Morgan fingerprint density at radius 1 is 1.21 bits per heavy atom. The quantitative estimate of drug-likeness (QED) is 0.931. The fraction of sp³-hybridized carbons (Fsp3) is 0.278. The van der Waals surface area contributed by atoms with E-state index < -0.39 is 11.5 Å².